The van der Waals surface area contributed by atoms with Gasteiger partial charge in [-0.15, -0.1) is 0 Å². The lowest BCUT2D eigenvalue weighted by Crippen LogP contribution is -2.14. The lowest BCUT2D eigenvalue weighted by molar-refractivity contribution is 0.102. The molecule has 1 N–H and O–H groups in total. The maximum absolute atomic E-state index is 13.8. The molecule has 1 aromatic heterocycles. The van der Waals surface area contributed by atoms with Gasteiger partial charge in [0, 0.05) is 15.6 Å². The van der Waals surface area contributed by atoms with Crippen molar-refractivity contribution in [3.8, 4) is 11.3 Å². The Morgan fingerprint density at radius 1 is 1.04 bits per heavy atom. The van der Waals surface area contributed by atoms with E-state index in [2.05, 4.69) is 14.1 Å². The Morgan fingerprint density at radius 2 is 1.74 bits per heavy atom. The van der Waals surface area contributed by atoms with Crippen LogP contribution in [0.2, 0.25) is 10.0 Å². The molecular formula is C15H8Cl2FN3OS. The summed E-state index contributed by atoms with van der Waals surface area (Å²) in [7, 11) is 0. The summed E-state index contributed by atoms with van der Waals surface area (Å²) < 4.78 is 21.9. The van der Waals surface area contributed by atoms with Crippen LogP contribution in [0.5, 0.6) is 0 Å². The zero-order chi connectivity index (χ0) is 16.4. The molecule has 0 aliphatic heterocycles. The summed E-state index contributed by atoms with van der Waals surface area (Å²) >= 11 is 12.4. The van der Waals surface area contributed by atoms with E-state index in [4.69, 9.17) is 23.2 Å². The van der Waals surface area contributed by atoms with E-state index in [1.165, 1.54) is 12.1 Å². The second-order valence-corrected chi connectivity index (χ2v) is 5.95. The van der Waals surface area contributed by atoms with E-state index in [1.54, 1.807) is 24.3 Å². The lowest BCUT2D eigenvalue weighted by Gasteiger charge is -2.06. The van der Waals surface area contributed by atoms with Gasteiger partial charge in [0.25, 0.3) is 5.91 Å². The van der Waals surface area contributed by atoms with Crippen LogP contribution in [0.25, 0.3) is 11.3 Å². The second-order valence-electron chi connectivity index (χ2n) is 4.55. The Hall–Kier alpha value is -2.02. The van der Waals surface area contributed by atoms with Gasteiger partial charge in [-0.2, -0.15) is 8.75 Å². The molecule has 0 aliphatic carbocycles. The van der Waals surface area contributed by atoms with Crippen molar-refractivity contribution in [1.29, 1.82) is 0 Å². The highest BCUT2D eigenvalue weighted by Gasteiger charge is 2.19. The van der Waals surface area contributed by atoms with Crippen LogP contribution in [0.1, 0.15) is 10.5 Å². The first-order chi connectivity index (χ1) is 11.0. The molecule has 0 fully saturated rings. The minimum absolute atomic E-state index is 0.0226. The standard InChI is InChI=1S/C15H8Cl2FN3OS/c16-9-3-1-8(2-4-9)13-14(21-23-20-13)15(22)19-12-6-5-10(17)7-11(12)18/h1-7H,(H,19,22). The van der Waals surface area contributed by atoms with E-state index in [1.807, 2.05) is 0 Å². The summed E-state index contributed by atoms with van der Waals surface area (Å²) in [5.41, 5.74) is 1.25. The molecule has 3 rings (SSSR count). The fourth-order valence-electron chi connectivity index (χ4n) is 1.91. The number of aromatic nitrogens is 2. The third kappa shape index (κ3) is 3.50. The highest BCUT2D eigenvalue weighted by molar-refractivity contribution is 6.99. The molecule has 2 aromatic carbocycles. The van der Waals surface area contributed by atoms with Crippen molar-refractivity contribution >= 4 is 46.5 Å². The highest BCUT2D eigenvalue weighted by atomic mass is 35.5. The Morgan fingerprint density at radius 3 is 2.43 bits per heavy atom. The van der Waals surface area contributed by atoms with Crippen molar-refractivity contribution in [2.24, 2.45) is 0 Å². The lowest BCUT2D eigenvalue weighted by atomic mass is 10.1. The molecule has 23 heavy (non-hydrogen) atoms. The normalized spacial score (nSPS) is 10.6. The molecule has 0 saturated carbocycles. The predicted molar refractivity (Wildman–Crippen MR) is 89.7 cm³/mol. The van der Waals surface area contributed by atoms with E-state index in [-0.39, 0.29) is 16.4 Å². The predicted octanol–water partition coefficient (Wildman–Crippen LogP) is 4.90. The molecule has 116 valence electrons. The van der Waals surface area contributed by atoms with Crippen LogP contribution in [-0.4, -0.2) is 14.7 Å². The molecule has 0 aliphatic rings. The Kier molecular flexibility index (Phi) is 4.56. The zero-order valence-electron chi connectivity index (χ0n) is 11.4. The summed E-state index contributed by atoms with van der Waals surface area (Å²) in [5.74, 6) is -1.17. The minimum Gasteiger partial charge on any atom is -0.318 e. The van der Waals surface area contributed by atoms with Crippen LogP contribution < -0.4 is 5.32 Å². The van der Waals surface area contributed by atoms with Gasteiger partial charge < -0.3 is 5.32 Å². The van der Waals surface area contributed by atoms with E-state index >= 15 is 0 Å². The minimum atomic E-state index is -0.623. The van der Waals surface area contributed by atoms with Gasteiger partial charge in [-0.1, -0.05) is 35.3 Å². The van der Waals surface area contributed by atoms with Crippen LogP contribution in [-0.2, 0) is 0 Å². The molecule has 1 heterocycles. The summed E-state index contributed by atoms with van der Waals surface area (Å²) in [6, 6.07) is 10.8. The van der Waals surface area contributed by atoms with Crippen LogP contribution >= 0.6 is 34.9 Å². The number of carbonyl (C=O) groups is 1. The first-order valence-corrected chi connectivity index (χ1v) is 7.88. The molecule has 0 bridgehead atoms. The molecule has 0 atom stereocenters. The van der Waals surface area contributed by atoms with Crippen molar-refractivity contribution < 1.29 is 9.18 Å². The summed E-state index contributed by atoms with van der Waals surface area (Å²) in [5, 5.41) is 3.29. The third-order valence-corrected chi connectivity index (χ3v) is 4.02. The maximum atomic E-state index is 13.8. The third-order valence-electron chi connectivity index (χ3n) is 3.00. The smallest absolute Gasteiger partial charge is 0.277 e. The fourth-order valence-corrected chi connectivity index (χ4v) is 2.76. The van der Waals surface area contributed by atoms with Crippen molar-refractivity contribution in [1.82, 2.24) is 8.75 Å². The van der Waals surface area contributed by atoms with Gasteiger partial charge in [-0.05, 0) is 30.3 Å². The summed E-state index contributed by atoms with van der Waals surface area (Å²) in [4.78, 5) is 12.3. The van der Waals surface area contributed by atoms with Gasteiger partial charge in [0.1, 0.15) is 11.5 Å². The second kappa shape index (κ2) is 6.62. The number of hydrogen-bond acceptors (Lipinski definition) is 4. The number of hydrogen-bond donors (Lipinski definition) is 1. The van der Waals surface area contributed by atoms with Crippen molar-refractivity contribution in [3.63, 3.8) is 0 Å². The topological polar surface area (TPSA) is 54.9 Å². The largest absolute Gasteiger partial charge is 0.318 e. The Labute approximate surface area is 145 Å². The number of nitrogens with zero attached hydrogens (tertiary/aromatic N) is 2. The zero-order valence-corrected chi connectivity index (χ0v) is 13.7. The van der Waals surface area contributed by atoms with Crippen molar-refractivity contribution in [2.45, 2.75) is 0 Å². The van der Waals surface area contributed by atoms with Crippen LogP contribution in [0, 0.1) is 5.82 Å². The summed E-state index contributed by atoms with van der Waals surface area (Å²) in [6.07, 6.45) is 0. The van der Waals surface area contributed by atoms with E-state index in [0.29, 0.717) is 16.3 Å². The first kappa shape index (κ1) is 15.9. The Bertz CT molecular complexity index is 867. The van der Waals surface area contributed by atoms with Crippen LogP contribution in [0.3, 0.4) is 0 Å². The van der Waals surface area contributed by atoms with Crippen molar-refractivity contribution in [2.75, 3.05) is 5.32 Å². The van der Waals surface area contributed by atoms with Gasteiger partial charge in [-0.3, -0.25) is 4.79 Å². The van der Waals surface area contributed by atoms with Gasteiger partial charge in [0.05, 0.1) is 17.4 Å². The molecular weight excluding hydrogens is 360 g/mol. The van der Waals surface area contributed by atoms with Crippen molar-refractivity contribution in [3.05, 3.63) is 64.0 Å². The quantitative estimate of drug-likeness (QED) is 0.715. The molecule has 0 saturated heterocycles. The fraction of sp³-hybridized carbons (Fsp3) is 0. The van der Waals surface area contributed by atoms with E-state index < -0.39 is 11.7 Å². The average Bonchev–Trinajstić information content (AvgIpc) is 3.00. The summed E-state index contributed by atoms with van der Waals surface area (Å²) in [6.45, 7) is 0. The SMILES string of the molecule is O=C(Nc1ccc(Cl)cc1F)c1nsnc1-c1ccc(Cl)cc1. The molecule has 0 spiro atoms. The number of nitrogens with one attached hydrogen (secondary N) is 1. The van der Waals surface area contributed by atoms with Gasteiger partial charge in [0.2, 0.25) is 0 Å². The molecule has 8 heteroatoms. The number of benzene rings is 2. The van der Waals surface area contributed by atoms with E-state index in [9.17, 15) is 9.18 Å². The molecule has 0 radical (unpaired) electrons. The monoisotopic (exact) mass is 367 g/mol. The van der Waals surface area contributed by atoms with Crippen LogP contribution in [0.4, 0.5) is 10.1 Å². The maximum Gasteiger partial charge on any atom is 0.277 e. The van der Waals surface area contributed by atoms with Gasteiger partial charge >= 0.3 is 0 Å². The average molecular weight is 368 g/mol. The first-order valence-electron chi connectivity index (χ1n) is 6.39. The number of amides is 1. The van der Waals surface area contributed by atoms with Crippen LogP contribution in [0.15, 0.2) is 42.5 Å². The molecule has 1 amide bonds. The molecule has 0 unspecified atom stereocenters. The number of carbonyl (C=O) groups excluding carboxylic acids is 1. The number of halogens is 3. The number of rotatable bonds is 3. The van der Waals surface area contributed by atoms with Gasteiger partial charge in [0.15, 0.2) is 5.69 Å². The highest BCUT2D eigenvalue weighted by Crippen LogP contribution is 2.25. The van der Waals surface area contributed by atoms with Gasteiger partial charge in [-0.25, -0.2) is 4.39 Å². The molecule has 4 nitrogen and oxygen atoms in total. The molecule has 3 aromatic rings. The Balaban J connectivity index is 1.89. The van der Waals surface area contributed by atoms with E-state index in [0.717, 1.165) is 17.8 Å². The number of anilines is 1.